The molecule has 2 aromatic rings. The number of rotatable bonds is 3. The van der Waals surface area contributed by atoms with Crippen LogP contribution in [0.1, 0.15) is 5.56 Å². The molecule has 4 nitrogen and oxygen atoms in total. The highest BCUT2D eigenvalue weighted by molar-refractivity contribution is 5.78. The van der Waals surface area contributed by atoms with Crippen molar-refractivity contribution in [2.75, 3.05) is 26.3 Å². The van der Waals surface area contributed by atoms with E-state index >= 15 is 0 Å². The standard InChI is InChI=1S/C15H19N3O/c16-9-14-11-19-7-6-18(14)10-12-3-4-15-13(8-12)2-1-5-17-15/h1-5,8,14H,6-7,9-11,16H2. The number of ether oxygens (including phenoxy) is 1. The third-order valence-electron chi connectivity index (χ3n) is 3.67. The van der Waals surface area contributed by atoms with E-state index in [1.165, 1.54) is 10.9 Å². The average Bonchev–Trinajstić information content (AvgIpc) is 2.48. The molecule has 1 aromatic carbocycles. The third-order valence-corrected chi connectivity index (χ3v) is 3.67. The first-order valence-corrected chi connectivity index (χ1v) is 6.72. The predicted octanol–water partition coefficient (Wildman–Crippen LogP) is 1.39. The van der Waals surface area contributed by atoms with Crippen molar-refractivity contribution in [2.24, 2.45) is 5.73 Å². The molecule has 1 unspecified atom stereocenters. The summed E-state index contributed by atoms with van der Waals surface area (Å²) in [5, 5.41) is 1.19. The summed E-state index contributed by atoms with van der Waals surface area (Å²) in [4.78, 5) is 6.75. The predicted molar refractivity (Wildman–Crippen MR) is 75.8 cm³/mol. The second-order valence-corrected chi connectivity index (χ2v) is 4.97. The van der Waals surface area contributed by atoms with Crippen LogP contribution in [0.4, 0.5) is 0 Å². The fourth-order valence-electron chi connectivity index (χ4n) is 2.57. The van der Waals surface area contributed by atoms with Crippen molar-refractivity contribution in [1.82, 2.24) is 9.88 Å². The molecule has 100 valence electrons. The maximum atomic E-state index is 5.81. The SMILES string of the molecule is NCC1COCCN1Cc1ccc2ncccc2c1. The van der Waals surface area contributed by atoms with Gasteiger partial charge in [0.15, 0.2) is 0 Å². The van der Waals surface area contributed by atoms with E-state index in [1.807, 2.05) is 12.3 Å². The second kappa shape index (κ2) is 5.65. The lowest BCUT2D eigenvalue weighted by Gasteiger charge is -2.34. The number of hydrogen-bond donors (Lipinski definition) is 1. The molecule has 1 aliphatic rings. The zero-order valence-corrected chi connectivity index (χ0v) is 11.0. The van der Waals surface area contributed by atoms with E-state index in [1.54, 1.807) is 0 Å². The molecule has 0 spiro atoms. The summed E-state index contributed by atoms with van der Waals surface area (Å²) in [5.74, 6) is 0. The minimum Gasteiger partial charge on any atom is -0.378 e. The molecule has 1 aromatic heterocycles. The van der Waals surface area contributed by atoms with Gasteiger partial charge in [-0.25, -0.2) is 0 Å². The Morgan fingerprint density at radius 1 is 1.37 bits per heavy atom. The molecule has 0 radical (unpaired) electrons. The van der Waals surface area contributed by atoms with E-state index < -0.39 is 0 Å². The van der Waals surface area contributed by atoms with Gasteiger partial charge in [-0.2, -0.15) is 0 Å². The number of nitrogens with zero attached hydrogens (tertiary/aromatic N) is 2. The Bertz CT molecular complexity index is 558. The lowest BCUT2D eigenvalue weighted by Crippen LogP contribution is -2.48. The number of aromatic nitrogens is 1. The van der Waals surface area contributed by atoms with Crippen LogP contribution in [0.3, 0.4) is 0 Å². The summed E-state index contributed by atoms with van der Waals surface area (Å²) in [6.45, 7) is 4.06. The second-order valence-electron chi connectivity index (χ2n) is 4.97. The summed E-state index contributed by atoms with van der Waals surface area (Å²) in [6, 6.07) is 10.9. The number of fused-ring (bicyclic) bond motifs is 1. The van der Waals surface area contributed by atoms with Crippen LogP contribution in [0.5, 0.6) is 0 Å². The molecule has 1 saturated heterocycles. The van der Waals surface area contributed by atoms with Gasteiger partial charge in [0.25, 0.3) is 0 Å². The fraction of sp³-hybridized carbons (Fsp3) is 0.400. The Hall–Kier alpha value is -1.49. The van der Waals surface area contributed by atoms with Gasteiger partial charge in [-0.05, 0) is 23.8 Å². The normalized spacial score (nSPS) is 20.8. The van der Waals surface area contributed by atoms with E-state index in [0.717, 1.165) is 31.8 Å². The molecule has 0 saturated carbocycles. The van der Waals surface area contributed by atoms with Gasteiger partial charge in [-0.15, -0.1) is 0 Å². The maximum absolute atomic E-state index is 5.81. The Morgan fingerprint density at radius 3 is 3.21 bits per heavy atom. The molecule has 2 N–H and O–H groups in total. The van der Waals surface area contributed by atoms with Crippen LogP contribution in [-0.2, 0) is 11.3 Å². The van der Waals surface area contributed by atoms with Crippen LogP contribution in [0, 0.1) is 0 Å². The molecular formula is C15H19N3O. The van der Waals surface area contributed by atoms with Crippen LogP contribution in [0.25, 0.3) is 10.9 Å². The van der Waals surface area contributed by atoms with Crippen LogP contribution < -0.4 is 5.73 Å². The summed E-state index contributed by atoms with van der Waals surface area (Å²) in [6.07, 6.45) is 1.83. The summed E-state index contributed by atoms with van der Waals surface area (Å²) in [7, 11) is 0. The smallest absolute Gasteiger partial charge is 0.0702 e. The minimum atomic E-state index is 0.332. The maximum Gasteiger partial charge on any atom is 0.0702 e. The van der Waals surface area contributed by atoms with Crippen molar-refractivity contribution < 1.29 is 4.74 Å². The fourth-order valence-corrected chi connectivity index (χ4v) is 2.57. The van der Waals surface area contributed by atoms with Gasteiger partial charge in [0.1, 0.15) is 0 Å². The summed E-state index contributed by atoms with van der Waals surface area (Å²) >= 11 is 0. The number of hydrogen-bond acceptors (Lipinski definition) is 4. The van der Waals surface area contributed by atoms with Gasteiger partial charge < -0.3 is 10.5 Å². The zero-order valence-electron chi connectivity index (χ0n) is 11.0. The zero-order chi connectivity index (χ0) is 13.1. The van der Waals surface area contributed by atoms with Crippen LogP contribution in [0.2, 0.25) is 0 Å². The highest BCUT2D eigenvalue weighted by Gasteiger charge is 2.21. The van der Waals surface area contributed by atoms with Crippen molar-refractivity contribution >= 4 is 10.9 Å². The molecule has 1 aliphatic heterocycles. The number of nitrogens with two attached hydrogens (primary N) is 1. The van der Waals surface area contributed by atoms with Crippen molar-refractivity contribution in [2.45, 2.75) is 12.6 Å². The van der Waals surface area contributed by atoms with Crippen molar-refractivity contribution in [1.29, 1.82) is 0 Å². The quantitative estimate of drug-likeness (QED) is 0.903. The summed E-state index contributed by atoms with van der Waals surface area (Å²) in [5.41, 5.74) is 8.16. The van der Waals surface area contributed by atoms with Crippen molar-refractivity contribution in [3.05, 3.63) is 42.1 Å². The van der Waals surface area contributed by atoms with E-state index in [9.17, 15) is 0 Å². The molecule has 1 atom stereocenters. The Kier molecular flexibility index (Phi) is 3.73. The first-order chi connectivity index (χ1) is 9.36. The average molecular weight is 257 g/mol. The van der Waals surface area contributed by atoms with Gasteiger partial charge in [0.05, 0.1) is 18.7 Å². The van der Waals surface area contributed by atoms with Gasteiger partial charge in [0.2, 0.25) is 0 Å². The highest BCUT2D eigenvalue weighted by Crippen LogP contribution is 2.17. The number of morpholine rings is 1. The Morgan fingerprint density at radius 2 is 2.32 bits per heavy atom. The van der Waals surface area contributed by atoms with E-state index in [0.29, 0.717) is 12.6 Å². The minimum absolute atomic E-state index is 0.332. The van der Waals surface area contributed by atoms with E-state index in [2.05, 4.69) is 34.1 Å². The van der Waals surface area contributed by atoms with E-state index in [4.69, 9.17) is 10.5 Å². The molecule has 19 heavy (non-hydrogen) atoms. The first kappa shape index (κ1) is 12.5. The Labute approximate surface area is 113 Å². The largest absolute Gasteiger partial charge is 0.378 e. The molecule has 2 heterocycles. The molecule has 0 aliphatic carbocycles. The van der Waals surface area contributed by atoms with Gasteiger partial charge >= 0.3 is 0 Å². The van der Waals surface area contributed by atoms with Crippen molar-refractivity contribution in [3.8, 4) is 0 Å². The lowest BCUT2D eigenvalue weighted by atomic mass is 10.1. The van der Waals surface area contributed by atoms with Crippen LogP contribution in [0.15, 0.2) is 36.5 Å². The van der Waals surface area contributed by atoms with Gasteiger partial charge in [-0.1, -0.05) is 12.1 Å². The first-order valence-electron chi connectivity index (χ1n) is 6.72. The molecule has 1 fully saturated rings. The molecule has 0 amide bonds. The highest BCUT2D eigenvalue weighted by atomic mass is 16.5. The Balaban J connectivity index is 1.80. The number of benzene rings is 1. The monoisotopic (exact) mass is 257 g/mol. The summed E-state index contributed by atoms with van der Waals surface area (Å²) < 4.78 is 5.48. The molecular weight excluding hydrogens is 238 g/mol. The lowest BCUT2D eigenvalue weighted by molar-refractivity contribution is -0.00791. The van der Waals surface area contributed by atoms with Gasteiger partial charge in [-0.3, -0.25) is 9.88 Å². The topological polar surface area (TPSA) is 51.4 Å². The molecule has 0 bridgehead atoms. The third kappa shape index (κ3) is 2.76. The van der Waals surface area contributed by atoms with Crippen LogP contribution >= 0.6 is 0 Å². The van der Waals surface area contributed by atoms with Gasteiger partial charge in [0, 0.05) is 37.3 Å². The van der Waals surface area contributed by atoms with Crippen LogP contribution in [-0.4, -0.2) is 42.2 Å². The molecule has 4 heteroatoms. The van der Waals surface area contributed by atoms with E-state index in [-0.39, 0.29) is 0 Å². The molecule has 3 rings (SSSR count). The van der Waals surface area contributed by atoms with Crippen molar-refractivity contribution in [3.63, 3.8) is 0 Å². The number of pyridine rings is 1.